The van der Waals surface area contributed by atoms with E-state index >= 15 is 0 Å². The van der Waals surface area contributed by atoms with Gasteiger partial charge in [0.25, 0.3) is 0 Å². The first-order chi connectivity index (χ1) is 8.69. The molecule has 4 heteroatoms. The number of hydrogen-bond donors (Lipinski definition) is 1. The Morgan fingerprint density at radius 1 is 1.56 bits per heavy atom. The summed E-state index contributed by atoms with van der Waals surface area (Å²) in [7, 11) is 0. The molecule has 92 valence electrons. The average Bonchev–Trinajstić information content (AvgIpc) is 3.16. The van der Waals surface area contributed by atoms with E-state index in [-0.39, 0.29) is 0 Å². The molecule has 0 radical (unpaired) electrons. The van der Waals surface area contributed by atoms with Crippen molar-refractivity contribution in [3.05, 3.63) is 28.5 Å². The van der Waals surface area contributed by atoms with Crippen LogP contribution in [-0.4, -0.2) is 9.55 Å². The van der Waals surface area contributed by atoms with Crippen LogP contribution in [0.4, 0.5) is 0 Å². The second-order valence-electron chi connectivity index (χ2n) is 5.20. The number of rotatable bonds is 3. The summed E-state index contributed by atoms with van der Waals surface area (Å²) >= 11 is 5.38. The molecule has 0 amide bonds. The SMILES string of the molecule is CC(Cn1c(=S)[nH]c2ccc(C#N)cc21)C1CC1. The van der Waals surface area contributed by atoms with Crippen molar-refractivity contribution in [1.29, 1.82) is 5.26 Å². The summed E-state index contributed by atoms with van der Waals surface area (Å²) in [5.74, 6) is 1.51. The minimum Gasteiger partial charge on any atom is -0.331 e. The van der Waals surface area contributed by atoms with Crippen molar-refractivity contribution < 1.29 is 0 Å². The molecule has 0 spiro atoms. The summed E-state index contributed by atoms with van der Waals surface area (Å²) in [4.78, 5) is 3.21. The van der Waals surface area contributed by atoms with Crippen LogP contribution in [0.3, 0.4) is 0 Å². The minimum absolute atomic E-state index is 0.654. The van der Waals surface area contributed by atoms with Gasteiger partial charge in [0.1, 0.15) is 0 Å². The fourth-order valence-electron chi connectivity index (χ4n) is 2.51. The number of nitriles is 1. The number of aromatic nitrogens is 2. The van der Waals surface area contributed by atoms with Crippen molar-refractivity contribution in [3.63, 3.8) is 0 Å². The largest absolute Gasteiger partial charge is 0.331 e. The zero-order valence-electron chi connectivity index (χ0n) is 10.3. The van der Waals surface area contributed by atoms with Gasteiger partial charge in [0, 0.05) is 6.54 Å². The van der Waals surface area contributed by atoms with E-state index in [1.807, 2.05) is 18.2 Å². The van der Waals surface area contributed by atoms with Crippen molar-refractivity contribution in [2.75, 3.05) is 0 Å². The Balaban J connectivity index is 2.06. The minimum atomic E-state index is 0.654. The van der Waals surface area contributed by atoms with E-state index in [0.29, 0.717) is 11.5 Å². The molecule has 1 aliphatic carbocycles. The third-order valence-electron chi connectivity index (χ3n) is 3.80. The molecule has 1 saturated carbocycles. The van der Waals surface area contributed by atoms with Crippen molar-refractivity contribution in [2.24, 2.45) is 11.8 Å². The maximum Gasteiger partial charge on any atom is 0.178 e. The maximum absolute atomic E-state index is 8.98. The van der Waals surface area contributed by atoms with E-state index in [1.165, 1.54) is 12.8 Å². The predicted molar refractivity (Wildman–Crippen MR) is 73.7 cm³/mol. The summed E-state index contributed by atoms with van der Waals surface area (Å²) in [5.41, 5.74) is 2.75. The molecule has 1 atom stereocenters. The molecule has 1 aliphatic rings. The van der Waals surface area contributed by atoms with Crippen LogP contribution in [0.25, 0.3) is 11.0 Å². The van der Waals surface area contributed by atoms with Crippen LogP contribution < -0.4 is 0 Å². The summed E-state index contributed by atoms with van der Waals surface area (Å²) in [6.07, 6.45) is 2.70. The van der Waals surface area contributed by atoms with Crippen LogP contribution in [0.2, 0.25) is 0 Å². The average molecular weight is 257 g/mol. The Morgan fingerprint density at radius 3 is 3.00 bits per heavy atom. The highest BCUT2D eigenvalue weighted by Gasteiger charge is 2.28. The van der Waals surface area contributed by atoms with E-state index in [0.717, 1.165) is 28.3 Å². The van der Waals surface area contributed by atoms with Gasteiger partial charge in [-0.2, -0.15) is 5.26 Å². The van der Waals surface area contributed by atoms with E-state index in [9.17, 15) is 0 Å². The first-order valence-corrected chi connectivity index (χ1v) is 6.72. The van der Waals surface area contributed by atoms with Crippen LogP contribution in [0.5, 0.6) is 0 Å². The number of aromatic amines is 1. The molecule has 0 saturated heterocycles. The van der Waals surface area contributed by atoms with E-state index in [2.05, 4.69) is 22.5 Å². The molecule has 1 aromatic heterocycles. The lowest BCUT2D eigenvalue weighted by atomic mass is 10.1. The van der Waals surface area contributed by atoms with Crippen LogP contribution in [0.1, 0.15) is 25.3 Å². The number of benzene rings is 1. The van der Waals surface area contributed by atoms with Gasteiger partial charge in [0.2, 0.25) is 0 Å². The number of hydrogen-bond acceptors (Lipinski definition) is 2. The third-order valence-corrected chi connectivity index (χ3v) is 4.12. The van der Waals surface area contributed by atoms with E-state index < -0.39 is 0 Å². The molecule has 0 bridgehead atoms. The standard InChI is InChI=1S/C14H15N3S/c1-9(11-3-4-11)8-17-13-6-10(7-15)2-5-12(13)16-14(17)18/h2,5-6,9,11H,3-4,8H2,1H3,(H,16,18). The fraction of sp³-hybridized carbons (Fsp3) is 0.429. The molecule has 3 rings (SSSR count). The van der Waals surface area contributed by atoms with Gasteiger partial charge in [0.15, 0.2) is 4.77 Å². The normalized spacial score (nSPS) is 16.7. The van der Waals surface area contributed by atoms with Gasteiger partial charge in [-0.25, -0.2) is 0 Å². The van der Waals surface area contributed by atoms with Crippen LogP contribution in [0, 0.1) is 27.9 Å². The van der Waals surface area contributed by atoms with Crippen LogP contribution in [0.15, 0.2) is 18.2 Å². The molecule has 1 fully saturated rings. The number of H-pyrrole nitrogens is 1. The number of nitrogens with zero attached hydrogens (tertiary/aromatic N) is 2. The Bertz CT molecular complexity index is 685. The van der Waals surface area contributed by atoms with Crippen molar-refractivity contribution in [3.8, 4) is 6.07 Å². The Labute approximate surface area is 111 Å². The van der Waals surface area contributed by atoms with Crippen molar-refractivity contribution in [1.82, 2.24) is 9.55 Å². The summed E-state index contributed by atoms with van der Waals surface area (Å²) < 4.78 is 2.89. The Morgan fingerprint density at radius 2 is 2.33 bits per heavy atom. The molecule has 1 unspecified atom stereocenters. The monoisotopic (exact) mass is 257 g/mol. The van der Waals surface area contributed by atoms with Crippen molar-refractivity contribution in [2.45, 2.75) is 26.3 Å². The quantitative estimate of drug-likeness (QED) is 0.853. The molecular formula is C14H15N3S. The van der Waals surface area contributed by atoms with Gasteiger partial charge in [-0.3, -0.25) is 0 Å². The highest BCUT2D eigenvalue weighted by atomic mass is 32.1. The lowest BCUT2D eigenvalue weighted by Crippen LogP contribution is -2.09. The van der Waals surface area contributed by atoms with Gasteiger partial charge in [-0.1, -0.05) is 6.92 Å². The summed E-state index contributed by atoms with van der Waals surface area (Å²) in [5, 5.41) is 8.98. The lowest BCUT2D eigenvalue weighted by molar-refractivity contribution is 0.434. The Hall–Kier alpha value is -1.60. The first kappa shape index (κ1) is 11.5. The maximum atomic E-state index is 8.98. The molecule has 1 aromatic carbocycles. The van der Waals surface area contributed by atoms with Gasteiger partial charge >= 0.3 is 0 Å². The topological polar surface area (TPSA) is 44.5 Å². The molecule has 18 heavy (non-hydrogen) atoms. The highest BCUT2D eigenvalue weighted by molar-refractivity contribution is 7.71. The zero-order chi connectivity index (χ0) is 12.7. The lowest BCUT2D eigenvalue weighted by Gasteiger charge is -2.11. The fourth-order valence-corrected chi connectivity index (χ4v) is 2.79. The second-order valence-corrected chi connectivity index (χ2v) is 5.59. The Kier molecular flexibility index (Phi) is 2.71. The molecular weight excluding hydrogens is 242 g/mol. The van der Waals surface area contributed by atoms with E-state index in [4.69, 9.17) is 17.5 Å². The number of fused-ring (bicyclic) bond motifs is 1. The number of imidazole rings is 1. The molecule has 0 aliphatic heterocycles. The third kappa shape index (κ3) is 1.95. The second kappa shape index (κ2) is 4.25. The van der Waals surface area contributed by atoms with Gasteiger partial charge in [-0.05, 0) is 55.1 Å². The van der Waals surface area contributed by atoms with Gasteiger partial charge in [-0.15, -0.1) is 0 Å². The molecule has 3 nitrogen and oxygen atoms in total. The highest BCUT2D eigenvalue weighted by Crippen LogP contribution is 2.37. The van der Waals surface area contributed by atoms with Gasteiger partial charge < -0.3 is 9.55 Å². The summed E-state index contributed by atoms with van der Waals surface area (Å²) in [6.45, 7) is 3.23. The van der Waals surface area contributed by atoms with Gasteiger partial charge in [0.05, 0.1) is 22.7 Å². The smallest absolute Gasteiger partial charge is 0.178 e. The molecule has 1 N–H and O–H groups in total. The zero-order valence-corrected chi connectivity index (χ0v) is 11.1. The van der Waals surface area contributed by atoms with Crippen LogP contribution in [-0.2, 0) is 6.54 Å². The van der Waals surface area contributed by atoms with E-state index in [1.54, 1.807) is 0 Å². The summed E-state index contributed by atoms with van der Waals surface area (Å²) in [6, 6.07) is 7.85. The number of nitrogens with one attached hydrogen (secondary N) is 1. The molecule has 2 aromatic rings. The predicted octanol–water partition coefficient (Wildman–Crippen LogP) is 3.62. The molecule has 1 heterocycles. The van der Waals surface area contributed by atoms with Crippen LogP contribution >= 0.6 is 12.2 Å². The van der Waals surface area contributed by atoms with Crippen molar-refractivity contribution >= 4 is 23.3 Å². The first-order valence-electron chi connectivity index (χ1n) is 6.31.